The van der Waals surface area contributed by atoms with Crippen molar-refractivity contribution in [1.29, 1.82) is 0 Å². The van der Waals surface area contributed by atoms with Gasteiger partial charge in [-0.3, -0.25) is 0 Å². The minimum atomic E-state index is 0.0181. The standard InChI is InChI=1S/C14H16ClNS/c1-10-4-2-6-12(14(10)15)13(16)8-7-11-5-3-9-17-11/h2-6,9,13H,7-8,16H2,1H3. The first-order chi connectivity index (χ1) is 8.18. The van der Waals surface area contributed by atoms with Crippen LogP contribution in [0.25, 0.3) is 0 Å². The maximum Gasteiger partial charge on any atom is 0.0482 e. The molecule has 0 spiro atoms. The lowest BCUT2D eigenvalue weighted by atomic mass is 10.0. The van der Waals surface area contributed by atoms with Crippen molar-refractivity contribution in [1.82, 2.24) is 0 Å². The zero-order valence-corrected chi connectivity index (χ0v) is 11.4. The summed E-state index contributed by atoms with van der Waals surface area (Å²) in [5.74, 6) is 0. The largest absolute Gasteiger partial charge is 0.324 e. The summed E-state index contributed by atoms with van der Waals surface area (Å²) in [4.78, 5) is 1.38. The third-order valence-electron chi connectivity index (χ3n) is 2.90. The smallest absolute Gasteiger partial charge is 0.0482 e. The second-order valence-corrected chi connectivity index (χ2v) is 5.61. The molecule has 0 aliphatic rings. The van der Waals surface area contributed by atoms with E-state index in [4.69, 9.17) is 17.3 Å². The van der Waals surface area contributed by atoms with Gasteiger partial charge < -0.3 is 5.73 Å². The van der Waals surface area contributed by atoms with Gasteiger partial charge >= 0.3 is 0 Å². The van der Waals surface area contributed by atoms with Crippen LogP contribution in [0.2, 0.25) is 5.02 Å². The molecule has 0 saturated heterocycles. The van der Waals surface area contributed by atoms with Crippen molar-refractivity contribution < 1.29 is 0 Å². The maximum atomic E-state index is 6.27. The summed E-state index contributed by atoms with van der Waals surface area (Å²) >= 11 is 8.05. The van der Waals surface area contributed by atoms with E-state index in [1.165, 1.54) is 4.88 Å². The normalized spacial score (nSPS) is 12.6. The van der Waals surface area contributed by atoms with Crippen molar-refractivity contribution >= 4 is 22.9 Å². The van der Waals surface area contributed by atoms with Crippen LogP contribution >= 0.6 is 22.9 Å². The van der Waals surface area contributed by atoms with Crippen LogP contribution in [0.3, 0.4) is 0 Å². The van der Waals surface area contributed by atoms with Gasteiger partial charge in [0.2, 0.25) is 0 Å². The summed E-state index contributed by atoms with van der Waals surface area (Å²) in [5, 5.41) is 2.91. The Kier molecular flexibility index (Phi) is 4.21. The molecule has 1 aromatic carbocycles. The van der Waals surface area contributed by atoms with Gasteiger partial charge in [0.1, 0.15) is 0 Å². The SMILES string of the molecule is Cc1cccc(C(N)CCc2cccs2)c1Cl. The number of thiophene rings is 1. The Balaban J connectivity index is 2.04. The van der Waals surface area contributed by atoms with Crippen LogP contribution < -0.4 is 5.73 Å². The molecular formula is C14H16ClNS. The first-order valence-electron chi connectivity index (χ1n) is 5.71. The molecule has 90 valence electrons. The molecule has 2 aromatic rings. The van der Waals surface area contributed by atoms with E-state index in [1.807, 2.05) is 25.1 Å². The van der Waals surface area contributed by atoms with Gasteiger partial charge in [-0.05, 0) is 42.3 Å². The lowest BCUT2D eigenvalue weighted by Crippen LogP contribution is -2.12. The number of hydrogen-bond donors (Lipinski definition) is 1. The van der Waals surface area contributed by atoms with E-state index in [-0.39, 0.29) is 6.04 Å². The number of nitrogens with two attached hydrogens (primary N) is 1. The predicted octanol–water partition coefficient (Wildman–Crippen LogP) is 4.34. The van der Waals surface area contributed by atoms with Gasteiger partial charge in [-0.2, -0.15) is 0 Å². The fraction of sp³-hybridized carbons (Fsp3) is 0.286. The Labute approximate surface area is 111 Å². The Hall–Kier alpha value is -0.830. The molecular weight excluding hydrogens is 250 g/mol. The zero-order chi connectivity index (χ0) is 12.3. The summed E-state index contributed by atoms with van der Waals surface area (Å²) in [6.45, 7) is 2.01. The van der Waals surface area contributed by atoms with E-state index in [9.17, 15) is 0 Å². The number of halogens is 1. The molecule has 1 atom stereocenters. The second-order valence-electron chi connectivity index (χ2n) is 4.20. The number of rotatable bonds is 4. The maximum absolute atomic E-state index is 6.27. The molecule has 1 unspecified atom stereocenters. The molecule has 0 aliphatic carbocycles. The molecule has 0 radical (unpaired) electrons. The summed E-state index contributed by atoms with van der Waals surface area (Å²) < 4.78 is 0. The van der Waals surface area contributed by atoms with Crippen LogP contribution in [0.4, 0.5) is 0 Å². The highest BCUT2D eigenvalue weighted by atomic mass is 35.5. The minimum Gasteiger partial charge on any atom is -0.324 e. The van der Waals surface area contributed by atoms with Crippen molar-refractivity contribution in [3.8, 4) is 0 Å². The second kappa shape index (κ2) is 5.67. The van der Waals surface area contributed by atoms with Crippen molar-refractivity contribution in [3.63, 3.8) is 0 Å². The van der Waals surface area contributed by atoms with E-state index < -0.39 is 0 Å². The Morgan fingerprint density at radius 1 is 1.29 bits per heavy atom. The van der Waals surface area contributed by atoms with E-state index in [0.29, 0.717) is 0 Å². The zero-order valence-electron chi connectivity index (χ0n) is 9.82. The number of hydrogen-bond acceptors (Lipinski definition) is 2. The molecule has 0 saturated carbocycles. The van der Waals surface area contributed by atoms with Gasteiger partial charge in [-0.15, -0.1) is 11.3 Å². The monoisotopic (exact) mass is 265 g/mol. The van der Waals surface area contributed by atoms with Crippen molar-refractivity contribution in [2.45, 2.75) is 25.8 Å². The molecule has 2 rings (SSSR count). The quantitative estimate of drug-likeness (QED) is 0.874. The van der Waals surface area contributed by atoms with Crippen LogP contribution in [0, 0.1) is 6.92 Å². The van der Waals surface area contributed by atoms with Gasteiger partial charge in [0.25, 0.3) is 0 Å². The van der Waals surface area contributed by atoms with Gasteiger partial charge in [0.05, 0.1) is 0 Å². The van der Waals surface area contributed by atoms with Crippen LogP contribution in [0.1, 0.15) is 28.5 Å². The third-order valence-corrected chi connectivity index (χ3v) is 4.36. The third kappa shape index (κ3) is 3.09. The summed E-state index contributed by atoms with van der Waals surface area (Å²) in [7, 11) is 0. The summed E-state index contributed by atoms with van der Waals surface area (Å²) in [6.07, 6.45) is 1.95. The molecule has 3 heteroatoms. The molecule has 1 aromatic heterocycles. The molecule has 1 heterocycles. The van der Waals surface area contributed by atoms with Gasteiger partial charge in [0, 0.05) is 15.9 Å². The first-order valence-corrected chi connectivity index (χ1v) is 6.97. The van der Waals surface area contributed by atoms with Gasteiger partial charge in [-0.1, -0.05) is 35.9 Å². The van der Waals surface area contributed by atoms with E-state index in [2.05, 4.69) is 17.5 Å². The van der Waals surface area contributed by atoms with Gasteiger partial charge in [0.15, 0.2) is 0 Å². The summed E-state index contributed by atoms with van der Waals surface area (Å²) in [6, 6.07) is 10.3. The predicted molar refractivity (Wildman–Crippen MR) is 75.8 cm³/mol. The first kappa shape index (κ1) is 12.6. The lowest BCUT2D eigenvalue weighted by Gasteiger charge is -2.14. The average Bonchev–Trinajstić information content (AvgIpc) is 2.82. The molecule has 0 amide bonds. The molecule has 0 aliphatic heterocycles. The van der Waals surface area contributed by atoms with Crippen LogP contribution in [0.15, 0.2) is 35.7 Å². The van der Waals surface area contributed by atoms with Crippen molar-refractivity contribution in [2.24, 2.45) is 5.73 Å². The average molecular weight is 266 g/mol. The molecule has 2 N–H and O–H groups in total. The molecule has 0 fully saturated rings. The highest BCUT2D eigenvalue weighted by molar-refractivity contribution is 7.09. The minimum absolute atomic E-state index is 0.0181. The molecule has 17 heavy (non-hydrogen) atoms. The number of aryl methyl sites for hydroxylation is 2. The molecule has 1 nitrogen and oxygen atoms in total. The van der Waals surface area contributed by atoms with E-state index >= 15 is 0 Å². The highest BCUT2D eigenvalue weighted by Crippen LogP contribution is 2.27. The Bertz CT molecular complexity index is 479. The van der Waals surface area contributed by atoms with E-state index in [0.717, 1.165) is 29.0 Å². The van der Waals surface area contributed by atoms with Crippen LogP contribution in [-0.4, -0.2) is 0 Å². The van der Waals surface area contributed by atoms with Crippen molar-refractivity contribution in [2.75, 3.05) is 0 Å². The Morgan fingerprint density at radius 3 is 2.82 bits per heavy atom. The van der Waals surface area contributed by atoms with Crippen molar-refractivity contribution in [3.05, 3.63) is 56.7 Å². The van der Waals surface area contributed by atoms with Crippen LogP contribution in [-0.2, 0) is 6.42 Å². The highest BCUT2D eigenvalue weighted by Gasteiger charge is 2.11. The van der Waals surface area contributed by atoms with E-state index in [1.54, 1.807) is 11.3 Å². The summed E-state index contributed by atoms with van der Waals surface area (Å²) in [5.41, 5.74) is 8.35. The fourth-order valence-corrected chi connectivity index (χ4v) is 2.86. The Morgan fingerprint density at radius 2 is 2.12 bits per heavy atom. The van der Waals surface area contributed by atoms with Crippen LogP contribution in [0.5, 0.6) is 0 Å². The van der Waals surface area contributed by atoms with Gasteiger partial charge in [-0.25, -0.2) is 0 Å². The number of benzene rings is 1. The fourth-order valence-electron chi connectivity index (χ4n) is 1.86. The molecule has 0 bridgehead atoms. The topological polar surface area (TPSA) is 26.0 Å². The lowest BCUT2D eigenvalue weighted by molar-refractivity contribution is 0.655.